The second-order valence-corrected chi connectivity index (χ2v) is 6.31. The van der Waals surface area contributed by atoms with Crippen molar-refractivity contribution in [1.29, 1.82) is 0 Å². The summed E-state index contributed by atoms with van der Waals surface area (Å²) in [5.74, 6) is 1.73. The third-order valence-electron chi connectivity index (χ3n) is 4.68. The monoisotopic (exact) mass is 340 g/mol. The molecule has 0 radical (unpaired) electrons. The Balaban J connectivity index is 1.52. The van der Waals surface area contributed by atoms with E-state index in [1.165, 1.54) is 0 Å². The molecule has 1 aliphatic heterocycles. The molecule has 1 N–H and O–H groups in total. The van der Waals surface area contributed by atoms with Crippen LogP contribution in [0.3, 0.4) is 0 Å². The number of nitrogens with one attached hydrogen (secondary N) is 1. The van der Waals surface area contributed by atoms with Crippen molar-refractivity contribution in [2.75, 3.05) is 25.1 Å². The van der Waals surface area contributed by atoms with Gasteiger partial charge in [0.15, 0.2) is 0 Å². The van der Waals surface area contributed by atoms with Gasteiger partial charge in [0, 0.05) is 31.4 Å². The van der Waals surface area contributed by atoms with Crippen LogP contribution < -0.4 is 15.0 Å². The van der Waals surface area contributed by atoms with Gasteiger partial charge < -0.3 is 15.0 Å². The number of carbonyl (C=O) groups is 1. The van der Waals surface area contributed by atoms with Crippen molar-refractivity contribution in [3.63, 3.8) is 0 Å². The Morgan fingerprint density at radius 1 is 1.20 bits per heavy atom. The highest BCUT2D eigenvalue weighted by Gasteiger charge is 2.26. The maximum atomic E-state index is 12.6. The van der Waals surface area contributed by atoms with E-state index in [0.29, 0.717) is 0 Å². The number of rotatable bonds is 5. The lowest BCUT2D eigenvalue weighted by Gasteiger charge is -2.31. The van der Waals surface area contributed by atoms with Crippen LogP contribution >= 0.6 is 0 Å². The number of benzene rings is 1. The number of hydrogen-bond acceptors (Lipinski definition) is 5. The molecule has 1 amide bonds. The minimum atomic E-state index is -0.0195. The number of carbonyl (C=O) groups excluding carboxylic acids is 1. The zero-order valence-electron chi connectivity index (χ0n) is 14.7. The quantitative estimate of drug-likeness (QED) is 0.906. The first kappa shape index (κ1) is 17.2. The van der Waals surface area contributed by atoms with Crippen molar-refractivity contribution in [2.24, 2.45) is 5.92 Å². The van der Waals surface area contributed by atoms with Gasteiger partial charge >= 0.3 is 0 Å². The number of aromatic nitrogens is 2. The van der Waals surface area contributed by atoms with Gasteiger partial charge in [-0.2, -0.15) is 0 Å². The van der Waals surface area contributed by atoms with Crippen molar-refractivity contribution in [3.05, 3.63) is 48.3 Å². The predicted octanol–water partition coefficient (Wildman–Crippen LogP) is 2.58. The minimum Gasteiger partial charge on any atom is -0.497 e. The van der Waals surface area contributed by atoms with Crippen molar-refractivity contribution in [3.8, 4) is 5.75 Å². The van der Waals surface area contributed by atoms with E-state index in [-0.39, 0.29) is 17.9 Å². The summed E-state index contributed by atoms with van der Waals surface area (Å²) in [6, 6.07) is 9.59. The van der Waals surface area contributed by atoms with Crippen LogP contribution in [0.5, 0.6) is 5.75 Å². The molecule has 0 spiro atoms. The topological polar surface area (TPSA) is 67.3 Å². The Hall–Kier alpha value is -2.63. The standard InChI is InChI=1S/C19H24N4O2/c1-14(15-4-6-17(25-2)7-5-15)22-18(24)16-8-12-23(13-9-16)19-20-10-3-11-21-19/h3-7,10-11,14,16H,8-9,12-13H2,1-2H3,(H,22,24)/t14-/m1/s1. The molecule has 2 aromatic rings. The fraction of sp³-hybridized carbons (Fsp3) is 0.421. The number of piperidine rings is 1. The van der Waals surface area contributed by atoms with Crippen LogP contribution in [-0.4, -0.2) is 36.1 Å². The Bertz CT molecular complexity index is 682. The molecule has 0 saturated carbocycles. The Labute approximate surface area is 148 Å². The lowest BCUT2D eigenvalue weighted by Crippen LogP contribution is -2.41. The van der Waals surface area contributed by atoms with E-state index in [1.807, 2.05) is 37.3 Å². The van der Waals surface area contributed by atoms with E-state index in [9.17, 15) is 4.79 Å². The molecule has 1 saturated heterocycles. The van der Waals surface area contributed by atoms with Crippen molar-refractivity contribution in [2.45, 2.75) is 25.8 Å². The van der Waals surface area contributed by atoms with Crippen LogP contribution in [0.1, 0.15) is 31.4 Å². The molecule has 1 aromatic carbocycles. The summed E-state index contributed by atoms with van der Waals surface area (Å²) < 4.78 is 5.17. The van der Waals surface area contributed by atoms with E-state index in [2.05, 4.69) is 20.2 Å². The average Bonchev–Trinajstić information content (AvgIpc) is 2.68. The number of hydrogen-bond donors (Lipinski definition) is 1. The van der Waals surface area contributed by atoms with E-state index in [4.69, 9.17) is 4.74 Å². The van der Waals surface area contributed by atoms with Crippen LogP contribution in [0, 0.1) is 5.92 Å². The summed E-state index contributed by atoms with van der Waals surface area (Å²) in [5, 5.41) is 3.13. The van der Waals surface area contributed by atoms with Gasteiger partial charge in [0.2, 0.25) is 11.9 Å². The van der Waals surface area contributed by atoms with Crippen molar-refractivity contribution in [1.82, 2.24) is 15.3 Å². The van der Waals surface area contributed by atoms with E-state index in [1.54, 1.807) is 19.5 Å². The molecule has 6 heteroatoms. The van der Waals surface area contributed by atoms with Gasteiger partial charge in [-0.3, -0.25) is 4.79 Å². The largest absolute Gasteiger partial charge is 0.497 e. The highest BCUT2D eigenvalue weighted by molar-refractivity contribution is 5.79. The number of anilines is 1. The van der Waals surface area contributed by atoms with Crippen LogP contribution in [0.4, 0.5) is 5.95 Å². The third-order valence-corrected chi connectivity index (χ3v) is 4.68. The lowest BCUT2D eigenvalue weighted by atomic mass is 9.95. The zero-order chi connectivity index (χ0) is 17.6. The molecule has 0 bridgehead atoms. The van der Waals surface area contributed by atoms with Gasteiger partial charge in [-0.15, -0.1) is 0 Å². The van der Waals surface area contributed by atoms with Crippen molar-refractivity contribution >= 4 is 11.9 Å². The molecule has 0 aliphatic carbocycles. The highest BCUT2D eigenvalue weighted by atomic mass is 16.5. The minimum absolute atomic E-state index is 0.0195. The molecule has 0 unspecified atom stereocenters. The molecule has 25 heavy (non-hydrogen) atoms. The predicted molar refractivity (Wildman–Crippen MR) is 96.5 cm³/mol. The summed E-state index contributed by atoms with van der Waals surface area (Å²) in [4.78, 5) is 23.3. The fourth-order valence-electron chi connectivity index (χ4n) is 3.10. The Kier molecular flexibility index (Phi) is 5.48. The average molecular weight is 340 g/mol. The first-order valence-electron chi connectivity index (χ1n) is 8.63. The van der Waals surface area contributed by atoms with Gasteiger partial charge in [-0.1, -0.05) is 12.1 Å². The van der Waals surface area contributed by atoms with E-state index >= 15 is 0 Å². The Morgan fingerprint density at radius 2 is 1.84 bits per heavy atom. The van der Waals surface area contributed by atoms with Crippen LogP contribution in [-0.2, 0) is 4.79 Å². The molecule has 6 nitrogen and oxygen atoms in total. The number of amides is 1. The van der Waals surface area contributed by atoms with Gasteiger partial charge in [0.05, 0.1) is 13.2 Å². The Morgan fingerprint density at radius 3 is 2.44 bits per heavy atom. The van der Waals surface area contributed by atoms with Gasteiger partial charge in [-0.25, -0.2) is 9.97 Å². The maximum Gasteiger partial charge on any atom is 0.225 e. The number of methoxy groups -OCH3 is 1. The molecular weight excluding hydrogens is 316 g/mol. The summed E-state index contributed by atoms with van der Waals surface area (Å²) in [5.41, 5.74) is 1.07. The first-order chi connectivity index (χ1) is 12.2. The van der Waals surface area contributed by atoms with Gasteiger partial charge in [0.1, 0.15) is 5.75 Å². The summed E-state index contributed by atoms with van der Waals surface area (Å²) in [7, 11) is 1.65. The molecule has 1 fully saturated rings. The lowest BCUT2D eigenvalue weighted by molar-refractivity contribution is -0.126. The second-order valence-electron chi connectivity index (χ2n) is 6.31. The van der Waals surface area contributed by atoms with Crippen LogP contribution in [0.15, 0.2) is 42.7 Å². The third kappa shape index (κ3) is 4.26. The highest BCUT2D eigenvalue weighted by Crippen LogP contribution is 2.22. The fourth-order valence-corrected chi connectivity index (χ4v) is 3.10. The first-order valence-corrected chi connectivity index (χ1v) is 8.63. The molecule has 2 heterocycles. The molecule has 1 atom stereocenters. The normalized spacial score (nSPS) is 16.3. The number of nitrogens with zero attached hydrogens (tertiary/aromatic N) is 3. The summed E-state index contributed by atoms with van der Waals surface area (Å²) in [6.45, 7) is 3.62. The second kappa shape index (κ2) is 7.96. The molecule has 1 aromatic heterocycles. The SMILES string of the molecule is COc1ccc([C@@H](C)NC(=O)C2CCN(c3ncccn3)CC2)cc1. The molecular formula is C19H24N4O2. The van der Waals surface area contributed by atoms with Crippen molar-refractivity contribution < 1.29 is 9.53 Å². The van der Waals surface area contributed by atoms with Gasteiger partial charge in [-0.05, 0) is 43.5 Å². The van der Waals surface area contributed by atoms with Crippen LogP contribution in [0.25, 0.3) is 0 Å². The number of ether oxygens (including phenoxy) is 1. The van der Waals surface area contributed by atoms with Crippen LogP contribution in [0.2, 0.25) is 0 Å². The smallest absolute Gasteiger partial charge is 0.225 e. The maximum absolute atomic E-state index is 12.6. The molecule has 132 valence electrons. The van der Waals surface area contributed by atoms with E-state index < -0.39 is 0 Å². The van der Waals surface area contributed by atoms with E-state index in [0.717, 1.165) is 43.2 Å². The zero-order valence-corrected chi connectivity index (χ0v) is 14.7. The molecule has 3 rings (SSSR count). The van der Waals surface area contributed by atoms with Gasteiger partial charge in [0.25, 0.3) is 0 Å². The summed E-state index contributed by atoms with van der Waals surface area (Å²) >= 11 is 0. The molecule has 1 aliphatic rings. The summed E-state index contributed by atoms with van der Waals surface area (Å²) in [6.07, 6.45) is 5.13.